The van der Waals surface area contributed by atoms with Crippen molar-refractivity contribution in [3.8, 4) is 5.75 Å². The van der Waals surface area contributed by atoms with E-state index in [1.807, 2.05) is 31.3 Å². The Hall–Kier alpha value is -2.34. The highest BCUT2D eigenvalue weighted by Crippen LogP contribution is 2.11. The van der Waals surface area contributed by atoms with Crippen LogP contribution in [-0.2, 0) is 16.1 Å². The Morgan fingerprint density at radius 1 is 1.36 bits per heavy atom. The van der Waals surface area contributed by atoms with Gasteiger partial charge in [0.05, 0.1) is 14.2 Å². The topological polar surface area (TPSA) is 69.1 Å². The minimum atomic E-state index is -0.742. The molecule has 0 aliphatic heterocycles. The summed E-state index contributed by atoms with van der Waals surface area (Å²) < 4.78 is 9.83. The lowest BCUT2D eigenvalue weighted by atomic mass is 10.2. The van der Waals surface area contributed by atoms with Gasteiger partial charge in [0, 0.05) is 5.56 Å². The molecule has 0 fully saturated rings. The Morgan fingerprint density at radius 2 is 2.00 bits per heavy atom. The molecule has 0 radical (unpaired) electrons. The third kappa shape index (κ3) is 5.57. The van der Waals surface area contributed by atoms with Crippen LogP contribution in [0, 0.1) is 0 Å². The third-order valence-corrected chi connectivity index (χ3v) is 3.32. The van der Waals surface area contributed by atoms with Crippen molar-refractivity contribution in [1.82, 2.24) is 5.32 Å². The number of hydrogen-bond acceptors (Lipinski definition) is 4. The number of imide groups is 1. The molecule has 0 bridgehead atoms. The van der Waals surface area contributed by atoms with Gasteiger partial charge in [-0.15, -0.1) is 0 Å². The van der Waals surface area contributed by atoms with Crippen molar-refractivity contribution in [2.45, 2.75) is 19.5 Å². The summed E-state index contributed by atoms with van der Waals surface area (Å²) >= 11 is 0. The Bertz CT molecular complexity index is 513. The summed E-state index contributed by atoms with van der Waals surface area (Å²) in [6.45, 7) is 6.47. The molecule has 0 heterocycles. The molecule has 6 nitrogen and oxygen atoms in total. The van der Waals surface area contributed by atoms with Crippen molar-refractivity contribution in [3.05, 3.63) is 42.5 Å². The molecule has 6 heteroatoms. The van der Waals surface area contributed by atoms with E-state index in [1.165, 1.54) is 7.11 Å². The fraction of sp³-hybridized carbons (Fsp3) is 0.375. The van der Waals surface area contributed by atoms with Gasteiger partial charge in [-0.2, -0.15) is 0 Å². The minimum absolute atomic E-state index is 0.365. The number of quaternary nitrogens is 1. The van der Waals surface area contributed by atoms with Crippen LogP contribution in [-0.4, -0.2) is 38.8 Å². The molecule has 2 amide bonds. The normalized spacial score (nSPS) is 12.9. The summed E-state index contributed by atoms with van der Waals surface area (Å²) in [5.74, 6) is 0.410. The predicted molar refractivity (Wildman–Crippen MR) is 82.7 cm³/mol. The number of hydrogen-bond donors (Lipinski definition) is 2. The maximum Gasteiger partial charge on any atom is 0.413 e. The highest BCUT2D eigenvalue weighted by atomic mass is 16.5. The molecule has 1 aromatic rings. The van der Waals surface area contributed by atoms with E-state index in [0.29, 0.717) is 13.2 Å². The van der Waals surface area contributed by atoms with Crippen LogP contribution in [0.15, 0.2) is 36.9 Å². The fourth-order valence-electron chi connectivity index (χ4n) is 1.82. The van der Waals surface area contributed by atoms with Gasteiger partial charge in [-0.05, 0) is 31.2 Å². The van der Waals surface area contributed by atoms with E-state index in [-0.39, 0.29) is 11.9 Å². The van der Waals surface area contributed by atoms with E-state index in [4.69, 9.17) is 4.74 Å². The zero-order chi connectivity index (χ0) is 16.5. The molecule has 0 aliphatic carbocycles. The third-order valence-electron chi connectivity index (χ3n) is 3.32. The fourth-order valence-corrected chi connectivity index (χ4v) is 1.82. The Morgan fingerprint density at radius 3 is 2.55 bits per heavy atom. The number of rotatable bonds is 7. The Kier molecular flexibility index (Phi) is 7.12. The first-order valence-electron chi connectivity index (χ1n) is 7.01. The lowest BCUT2D eigenvalue weighted by Gasteiger charge is -2.20. The zero-order valence-corrected chi connectivity index (χ0v) is 13.2. The highest BCUT2D eigenvalue weighted by Gasteiger charge is 2.23. The van der Waals surface area contributed by atoms with Crippen LogP contribution < -0.4 is 15.0 Å². The van der Waals surface area contributed by atoms with Crippen molar-refractivity contribution < 1.29 is 24.0 Å². The molecular formula is C16H23N2O4+. The van der Waals surface area contributed by atoms with Gasteiger partial charge in [0.15, 0.2) is 6.04 Å². The highest BCUT2D eigenvalue weighted by molar-refractivity contribution is 5.93. The monoisotopic (exact) mass is 307 g/mol. The standard InChI is InChI=1S/C16H22N2O4/c1-5-10-22-14-8-6-13(7-9-14)11-18(3)12(2)15(19)17-16(20)21-4/h5-9,12H,1,10-11H2,2-4H3,(H,17,19,20)/p+1/t12-/m0/s1. The van der Waals surface area contributed by atoms with Gasteiger partial charge in [-0.1, -0.05) is 12.7 Å². The van der Waals surface area contributed by atoms with Gasteiger partial charge in [0.1, 0.15) is 18.9 Å². The second-order valence-electron chi connectivity index (χ2n) is 4.97. The number of nitrogens with one attached hydrogen (secondary N) is 2. The van der Waals surface area contributed by atoms with Crippen LogP contribution >= 0.6 is 0 Å². The average molecular weight is 307 g/mol. The zero-order valence-electron chi connectivity index (χ0n) is 13.2. The van der Waals surface area contributed by atoms with Crippen molar-refractivity contribution >= 4 is 12.0 Å². The van der Waals surface area contributed by atoms with E-state index in [9.17, 15) is 9.59 Å². The molecule has 120 valence electrons. The number of carbonyl (C=O) groups excluding carboxylic acids is 2. The van der Waals surface area contributed by atoms with E-state index >= 15 is 0 Å². The molecule has 22 heavy (non-hydrogen) atoms. The maximum absolute atomic E-state index is 11.9. The van der Waals surface area contributed by atoms with Crippen molar-refractivity contribution in [1.29, 1.82) is 0 Å². The molecule has 1 aromatic carbocycles. The van der Waals surface area contributed by atoms with Crippen LogP contribution in [0.2, 0.25) is 0 Å². The van der Waals surface area contributed by atoms with Gasteiger partial charge in [0.2, 0.25) is 0 Å². The van der Waals surface area contributed by atoms with Gasteiger partial charge in [-0.3, -0.25) is 10.1 Å². The molecule has 1 rings (SSSR count). The van der Waals surface area contributed by atoms with E-state index in [0.717, 1.165) is 16.2 Å². The first kappa shape index (κ1) is 17.7. The van der Waals surface area contributed by atoms with Gasteiger partial charge < -0.3 is 14.4 Å². The molecular weight excluding hydrogens is 284 g/mol. The smallest absolute Gasteiger partial charge is 0.413 e. The van der Waals surface area contributed by atoms with E-state index in [1.54, 1.807) is 13.0 Å². The molecule has 0 aromatic heterocycles. The lowest BCUT2D eigenvalue weighted by molar-refractivity contribution is -0.908. The summed E-state index contributed by atoms with van der Waals surface area (Å²) in [5, 5.41) is 2.18. The van der Waals surface area contributed by atoms with Gasteiger partial charge >= 0.3 is 6.09 Å². The molecule has 0 saturated heterocycles. The number of likely N-dealkylation sites (N-methyl/N-ethyl adjacent to an activating group) is 1. The number of benzene rings is 1. The lowest BCUT2D eigenvalue weighted by Crippen LogP contribution is -3.12. The maximum atomic E-state index is 11.9. The first-order valence-corrected chi connectivity index (χ1v) is 7.01. The number of methoxy groups -OCH3 is 1. The van der Waals surface area contributed by atoms with Crippen LogP contribution in [0.1, 0.15) is 12.5 Å². The van der Waals surface area contributed by atoms with Crippen LogP contribution in [0.3, 0.4) is 0 Å². The molecule has 2 atom stereocenters. The van der Waals surface area contributed by atoms with E-state index < -0.39 is 6.09 Å². The predicted octanol–water partition coefficient (Wildman–Crippen LogP) is 0.537. The second kappa shape index (κ2) is 8.84. The average Bonchev–Trinajstić information content (AvgIpc) is 2.53. The Balaban J connectivity index is 2.56. The molecule has 0 spiro atoms. The molecule has 0 saturated carbocycles. The Labute approximate surface area is 130 Å². The quantitative estimate of drug-likeness (QED) is 0.721. The van der Waals surface area contributed by atoms with Crippen molar-refractivity contribution in [2.24, 2.45) is 0 Å². The van der Waals surface area contributed by atoms with Crippen molar-refractivity contribution in [2.75, 3.05) is 20.8 Å². The number of amides is 2. The second-order valence-corrected chi connectivity index (χ2v) is 4.97. The summed E-state index contributed by atoms with van der Waals surface area (Å²) in [5.41, 5.74) is 1.07. The van der Waals surface area contributed by atoms with Gasteiger partial charge in [0.25, 0.3) is 5.91 Å². The van der Waals surface area contributed by atoms with Crippen LogP contribution in [0.25, 0.3) is 0 Å². The van der Waals surface area contributed by atoms with Gasteiger partial charge in [-0.25, -0.2) is 4.79 Å². The largest absolute Gasteiger partial charge is 0.490 e. The van der Waals surface area contributed by atoms with Crippen LogP contribution in [0.4, 0.5) is 4.79 Å². The summed E-state index contributed by atoms with van der Waals surface area (Å²) in [4.78, 5) is 23.9. The SMILES string of the molecule is C=CCOc1ccc(C[NH+](C)[C@@H](C)C(=O)NC(=O)OC)cc1. The molecule has 0 aliphatic rings. The number of alkyl carbamates (subject to hydrolysis) is 1. The van der Waals surface area contributed by atoms with Crippen molar-refractivity contribution in [3.63, 3.8) is 0 Å². The molecule has 1 unspecified atom stereocenters. The molecule has 2 N–H and O–H groups in total. The number of ether oxygens (including phenoxy) is 2. The minimum Gasteiger partial charge on any atom is -0.490 e. The van der Waals surface area contributed by atoms with E-state index in [2.05, 4.69) is 16.6 Å². The summed E-state index contributed by atoms with van der Waals surface area (Å²) in [6.07, 6.45) is 0.946. The first-order chi connectivity index (χ1) is 10.5. The van der Waals surface area contributed by atoms with Crippen LogP contribution in [0.5, 0.6) is 5.75 Å². The summed E-state index contributed by atoms with van der Waals surface area (Å²) in [7, 11) is 3.11. The summed E-state index contributed by atoms with van der Waals surface area (Å²) in [6, 6.07) is 7.28. The number of carbonyl (C=O) groups is 2.